The molecule has 2 atom stereocenters. The first kappa shape index (κ1) is 14.0. The third-order valence-electron chi connectivity index (χ3n) is 3.76. The molecule has 19 heavy (non-hydrogen) atoms. The molecule has 2 saturated carbocycles. The average molecular weight is 280 g/mol. The van der Waals surface area contributed by atoms with E-state index >= 15 is 0 Å². The molecule has 0 radical (unpaired) electrons. The van der Waals surface area contributed by atoms with E-state index in [1.807, 2.05) is 5.32 Å². The fourth-order valence-electron chi connectivity index (χ4n) is 2.38. The van der Waals surface area contributed by atoms with Gasteiger partial charge in [0.2, 0.25) is 0 Å². The Balaban J connectivity index is 1.82. The molecule has 8 heteroatoms. The van der Waals surface area contributed by atoms with Crippen LogP contribution < -0.4 is 10.6 Å². The van der Waals surface area contributed by atoms with E-state index < -0.39 is 29.6 Å². The van der Waals surface area contributed by atoms with Crippen LogP contribution in [0.4, 0.5) is 18.0 Å². The van der Waals surface area contributed by atoms with E-state index in [1.165, 1.54) is 0 Å². The van der Waals surface area contributed by atoms with Crippen molar-refractivity contribution in [3.63, 3.8) is 0 Å². The second kappa shape index (κ2) is 4.57. The number of carboxylic acid groups (broad SMARTS) is 1. The Bertz CT molecular complexity index is 393. The van der Waals surface area contributed by atoms with Gasteiger partial charge in [0, 0.05) is 6.04 Å². The summed E-state index contributed by atoms with van der Waals surface area (Å²) >= 11 is 0. The Morgan fingerprint density at radius 1 is 1.21 bits per heavy atom. The molecule has 0 aliphatic heterocycles. The smallest absolute Gasteiger partial charge is 0.411 e. The Kier molecular flexibility index (Phi) is 3.36. The zero-order valence-electron chi connectivity index (χ0n) is 10.1. The standard InChI is InChI=1S/C11H15F3N2O3/c12-11(13,14)10(3-4-10)16-9(19)15-7-2-1-6(5-7)8(17)18/h6-7H,1-5H2,(H,17,18)(H2,15,16,19)/t6-,7+/m1/s1. The van der Waals surface area contributed by atoms with Crippen molar-refractivity contribution in [2.45, 2.75) is 49.9 Å². The fourth-order valence-corrected chi connectivity index (χ4v) is 2.38. The lowest BCUT2D eigenvalue weighted by Crippen LogP contribution is -2.53. The Morgan fingerprint density at radius 3 is 2.26 bits per heavy atom. The van der Waals surface area contributed by atoms with Crippen LogP contribution in [0.25, 0.3) is 0 Å². The first-order valence-electron chi connectivity index (χ1n) is 6.12. The fraction of sp³-hybridized carbons (Fsp3) is 0.818. The van der Waals surface area contributed by atoms with E-state index in [0.29, 0.717) is 12.8 Å². The summed E-state index contributed by atoms with van der Waals surface area (Å²) in [4.78, 5) is 22.2. The third kappa shape index (κ3) is 2.93. The van der Waals surface area contributed by atoms with Gasteiger partial charge >= 0.3 is 18.2 Å². The van der Waals surface area contributed by atoms with Crippen LogP contribution >= 0.6 is 0 Å². The molecule has 0 aromatic heterocycles. The number of nitrogens with one attached hydrogen (secondary N) is 2. The number of carbonyl (C=O) groups excluding carboxylic acids is 1. The van der Waals surface area contributed by atoms with Crippen molar-refractivity contribution >= 4 is 12.0 Å². The number of aliphatic carboxylic acids is 1. The van der Waals surface area contributed by atoms with Gasteiger partial charge in [0.1, 0.15) is 5.54 Å². The molecule has 0 spiro atoms. The van der Waals surface area contributed by atoms with E-state index in [2.05, 4.69) is 5.32 Å². The lowest BCUT2D eigenvalue weighted by Gasteiger charge is -2.22. The normalized spacial score (nSPS) is 28.8. The molecule has 0 bridgehead atoms. The summed E-state index contributed by atoms with van der Waals surface area (Å²) in [6, 6.07) is -1.24. The summed E-state index contributed by atoms with van der Waals surface area (Å²) in [5.74, 6) is -1.46. The highest BCUT2D eigenvalue weighted by molar-refractivity contribution is 5.76. The van der Waals surface area contributed by atoms with Gasteiger partial charge in [0.25, 0.3) is 0 Å². The minimum absolute atomic E-state index is 0.105. The maximum atomic E-state index is 12.6. The van der Waals surface area contributed by atoms with Gasteiger partial charge in [-0.3, -0.25) is 4.79 Å². The summed E-state index contributed by atoms with van der Waals surface area (Å²) in [5.41, 5.74) is -2.08. The molecule has 2 rings (SSSR count). The second-order valence-corrected chi connectivity index (χ2v) is 5.22. The van der Waals surface area contributed by atoms with Crippen molar-refractivity contribution in [2.75, 3.05) is 0 Å². The number of hydrogen-bond donors (Lipinski definition) is 3. The molecule has 108 valence electrons. The van der Waals surface area contributed by atoms with Gasteiger partial charge in [-0.15, -0.1) is 0 Å². The molecule has 2 aliphatic carbocycles. The number of halogens is 3. The van der Waals surface area contributed by atoms with E-state index in [0.717, 1.165) is 0 Å². The van der Waals surface area contributed by atoms with Crippen LogP contribution in [-0.4, -0.2) is 34.9 Å². The number of carboxylic acids is 1. The third-order valence-corrected chi connectivity index (χ3v) is 3.76. The quantitative estimate of drug-likeness (QED) is 0.735. The monoisotopic (exact) mass is 280 g/mol. The molecule has 3 N–H and O–H groups in total. The van der Waals surface area contributed by atoms with Gasteiger partial charge < -0.3 is 15.7 Å². The number of alkyl halides is 3. The maximum Gasteiger partial charge on any atom is 0.411 e. The predicted molar refractivity (Wildman–Crippen MR) is 58.5 cm³/mol. The van der Waals surface area contributed by atoms with Gasteiger partial charge in [0.05, 0.1) is 5.92 Å². The molecule has 2 aliphatic rings. The van der Waals surface area contributed by atoms with E-state index in [-0.39, 0.29) is 25.3 Å². The van der Waals surface area contributed by atoms with Gasteiger partial charge in [-0.1, -0.05) is 0 Å². The van der Waals surface area contributed by atoms with Crippen LogP contribution in [0.1, 0.15) is 32.1 Å². The van der Waals surface area contributed by atoms with E-state index in [4.69, 9.17) is 5.11 Å². The highest BCUT2D eigenvalue weighted by Crippen LogP contribution is 2.48. The van der Waals surface area contributed by atoms with Crippen molar-refractivity contribution in [3.8, 4) is 0 Å². The van der Waals surface area contributed by atoms with Gasteiger partial charge in [0.15, 0.2) is 0 Å². The van der Waals surface area contributed by atoms with Gasteiger partial charge in [-0.05, 0) is 32.1 Å². The van der Waals surface area contributed by atoms with Crippen molar-refractivity contribution in [1.82, 2.24) is 10.6 Å². The largest absolute Gasteiger partial charge is 0.481 e. The minimum Gasteiger partial charge on any atom is -0.481 e. The highest BCUT2D eigenvalue weighted by Gasteiger charge is 2.64. The molecule has 2 amide bonds. The van der Waals surface area contributed by atoms with Crippen molar-refractivity contribution < 1.29 is 27.9 Å². The maximum absolute atomic E-state index is 12.6. The summed E-state index contributed by atoms with van der Waals surface area (Å²) < 4.78 is 37.9. The van der Waals surface area contributed by atoms with Crippen LogP contribution in [0, 0.1) is 5.92 Å². The number of urea groups is 1. The average Bonchev–Trinajstić information content (AvgIpc) is 2.89. The Hall–Kier alpha value is -1.47. The number of rotatable bonds is 3. The molecule has 5 nitrogen and oxygen atoms in total. The van der Waals surface area contributed by atoms with Crippen LogP contribution in [0.3, 0.4) is 0 Å². The second-order valence-electron chi connectivity index (χ2n) is 5.22. The topological polar surface area (TPSA) is 78.4 Å². The summed E-state index contributed by atoms with van der Waals surface area (Å²) in [6.45, 7) is 0. The molecule has 0 aromatic carbocycles. The molecule has 0 unspecified atom stereocenters. The van der Waals surface area contributed by atoms with Crippen molar-refractivity contribution in [2.24, 2.45) is 5.92 Å². The minimum atomic E-state index is -4.44. The zero-order valence-corrected chi connectivity index (χ0v) is 10.1. The zero-order chi connectivity index (χ0) is 14.3. The molecule has 0 heterocycles. The van der Waals surface area contributed by atoms with Crippen LogP contribution in [0.5, 0.6) is 0 Å². The first-order valence-corrected chi connectivity index (χ1v) is 6.12. The number of carbonyl (C=O) groups is 2. The van der Waals surface area contributed by atoms with E-state index in [1.54, 1.807) is 0 Å². The van der Waals surface area contributed by atoms with Gasteiger partial charge in [-0.25, -0.2) is 4.79 Å². The van der Waals surface area contributed by atoms with Crippen LogP contribution in [0.15, 0.2) is 0 Å². The van der Waals surface area contributed by atoms with Crippen molar-refractivity contribution in [3.05, 3.63) is 0 Å². The Labute approximate surface area is 107 Å². The van der Waals surface area contributed by atoms with Crippen molar-refractivity contribution in [1.29, 1.82) is 0 Å². The van der Waals surface area contributed by atoms with E-state index in [9.17, 15) is 22.8 Å². The highest BCUT2D eigenvalue weighted by atomic mass is 19.4. The number of amides is 2. The van der Waals surface area contributed by atoms with Crippen LogP contribution in [0.2, 0.25) is 0 Å². The summed E-state index contributed by atoms with van der Waals surface area (Å²) in [5, 5.41) is 13.2. The lowest BCUT2D eigenvalue weighted by molar-refractivity contribution is -0.162. The molecule has 0 saturated heterocycles. The Morgan fingerprint density at radius 2 is 1.84 bits per heavy atom. The summed E-state index contributed by atoms with van der Waals surface area (Å²) in [6.07, 6.45) is -3.47. The summed E-state index contributed by atoms with van der Waals surface area (Å²) in [7, 11) is 0. The molecular formula is C11H15F3N2O3. The van der Waals surface area contributed by atoms with Crippen LogP contribution in [-0.2, 0) is 4.79 Å². The SMILES string of the molecule is O=C(N[C@H]1CC[C@@H](C(=O)O)C1)NC1(C(F)(F)F)CC1. The predicted octanol–water partition coefficient (Wildman–Crippen LogP) is 1.63. The first-order chi connectivity index (χ1) is 8.73. The lowest BCUT2D eigenvalue weighted by atomic mass is 10.1. The molecular weight excluding hydrogens is 265 g/mol. The number of hydrogen-bond acceptors (Lipinski definition) is 2. The molecule has 2 fully saturated rings. The van der Waals surface area contributed by atoms with Gasteiger partial charge in [-0.2, -0.15) is 13.2 Å². The molecule has 0 aromatic rings.